The summed E-state index contributed by atoms with van der Waals surface area (Å²) in [5.41, 5.74) is 5.30. The highest BCUT2D eigenvalue weighted by molar-refractivity contribution is 6.02. The Morgan fingerprint density at radius 2 is 2.00 bits per heavy atom. The average molecular weight is 424 g/mol. The van der Waals surface area contributed by atoms with Crippen molar-refractivity contribution in [3.63, 3.8) is 0 Å². The molecule has 11 heteroatoms. The minimum atomic E-state index is -4.82. The first-order chi connectivity index (χ1) is 12.7. The molecule has 0 bridgehead atoms. The topological polar surface area (TPSA) is 93.9 Å². The Morgan fingerprint density at radius 1 is 1.32 bits per heavy atom. The van der Waals surface area contributed by atoms with Gasteiger partial charge in [-0.1, -0.05) is 6.07 Å². The van der Waals surface area contributed by atoms with Gasteiger partial charge >= 0.3 is 6.36 Å². The van der Waals surface area contributed by atoms with Crippen LogP contribution >= 0.6 is 12.4 Å². The summed E-state index contributed by atoms with van der Waals surface area (Å²) in [4.78, 5) is 26.4. The quantitative estimate of drug-likeness (QED) is 0.769. The maximum atomic E-state index is 12.6. The summed E-state index contributed by atoms with van der Waals surface area (Å²) in [6, 6.07) is 4.40. The molecule has 2 fully saturated rings. The lowest BCUT2D eigenvalue weighted by Crippen LogP contribution is -2.59. The number of anilines is 1. The van der Waals surface area contributed by atoms with E-state index in [0.29, 0.717) is 32.5 Å². The molecule has 7 nitrogen and oxygen atoms in total. The number of amides is 2. The maximum Gasteiger partial charge on any atom is 0.573 e. The van der Waals surface area contributed by atoms with Crippen LogP contribution in [0, 0.1) is 0 Å². The summed E-state index contributed by atoms with van der Waals surface area (Å²) >= 11 is 0. The van der Waals surface area contributed by atoms with E-state index in [4.69, 9.17) is 10.5 Å². The number of benzene rings is 1. The van der Waals surface area contributed by atoms with E-state index in [1.165, 1.54) is 17.0 Å². The lowest BCUT2D eigenvalue weighted by Gasteiger charge is -2.32. The normalized spacial score (nSPS) is 21.8. The number of nitrogens with zero attached hydrogens (tertiary/aromatic N) is 1. The molecular formula is C17H21ClF3N3O4. The van der Waals surface area contributed by atoms with E-state index in [2.05, 4.69) is 10.1 Å². The van der Waals surface area contributed by atoms with Gasteiger partial charge in [0.25, 0.3) is 0 Å². The van der Waals surface area contributed by atoms with Crippen LogP contribution in [0.15, 0.2) is 24.3 Å². The fraction of sp³-hybridized carbons (Fsp3) is 0.529. The third-order valence-electron chi connectivity index (χ3n) is 4.71. The van der Waals surface area contributed by atoms with Crippen molar-refractivity contribution in [3.8, 4) is 5.75 Å². The van der Waals surface area contributed by atoms with Crippen molar-refractivity contribution in [2.45, 2.75) is 37.2 Å². The van der Waals surface area contributed by atoms with E-state index < -0.39 is 35.5 Å². The second kappa shape index (κ2) is 8.54. The monoisotopic (exact) mass is 423 g/mol. The molecule has 2 aliphatic rings. The van der Waals surface area contributed by atoms with Crippen molar-refractivity contribution in [3.05, 3.63) is 24.3 Å². The third kappa shape index (κ3) is 5.06. The standard InChI is InChI=1S/C17H20F3N3O4.ClH/c18-17(19,20)27-12-3-1-2-11(10-12)23-7-4-13(14(23)24)22-15(25)16(21)5-8-26-9-6-16;/h1-3,10,13H,4-9,21H2,(H,22,25);1H. The minimum Gasteiger partial charge on any atom is -0.406 e. The van der Waals surface area contributed by atoms with Crippen molar-refractivity contribution in [1.29, 1.82) is 0 Å². The molecule has 1 atom stereocenters. The van der Waals surface area contributed by atoms with Crippen molar-refractivity contribution in [2.24, 2.45) is 5.73 Å². The average Bonchev–Trinajstić information content (AvgIpc) is 2.95. The molecule has 156 valence electrons. The smallest absolute Gasteiger partial charge is 0.406 e. The van der Waals surface area contributed by atoms with Gasteiger partial charge in [-0.25, -0.2) is 0 Å². The highest BCUT2D eigenvalue weighted by atomic mass is 35.5. The number of nitrogens with one attached hydrogen (secondary N) is 1. The fourth-order valence-corrected chi connectivity index (χ4v) is 3.18. The molecule has 3 N–H and O–H groups in total. The van der Waals surface area contributed by atoms with E-state index >= 15 is 0 Å². The number of halogens is 4. The molecule has 2 amide bonds. The van der Waals surface area contributed by atoms with Crippen molar-refractivity contribution >= 4 is 29.9 Å². The Morgan fingerprint density at radius 3 is 2.64 bits per heavy atom. The Bertz CT molecular complexity index is 726. The molecule has 2 saturated heterocycles. The van der Waals surface area contributed by atoms with Crippen molar-refractivity contribution in [2.75, 3.05) is 24.7 Å². The molecule has 2 aliphatic heterocycles. The van der Waals surface area contributed by atoms with E-state index in [1.807, 2.05) is 0 Å². The second-order valence-corrected chi connectivity index (χ2v) is 6.62. The van der Waals surface area contributed by atoms with Crippen molar-refractivity contribution in [1.82, 2.24) is 5.32 Å². The summed E-state index contributed by atoms with van der Waals surface area (Å²) in [5.74, 6) is -1.23. The van der Waals surface area contributed by atoms with Crippen LogP contribution in [-0.4, -0.2) is 49.5 Å². The Balaban J connectivity index is 0.00000280. The van der Waals surface area contributed by atoms with Crippen LogP contribution in [-0.2, 0) is 14.3 Å². The summed E-state index contributed by atoms with van der Waals surface area (Å²) in [5, 5.41) is 2.67. The van der Waals surface area contributed by atoms with Gasteiger partial charge in [0.1, 0.15) is 11.8 Å². The van der Waals surface area contributed by atoms with Crippen LogP contribution in [0.5, 0.6) is 5.75 Å². The molecule has 28 heavy (non-hydrogen) atoms. The van der Waals surface area contributed by atoms with Gasteiger partial charge in [0.05, 0.1) is 5.54 Å². The predicted octanol–water partition coefficient (Wildman–Crippen LogP) is 1.74. The lowest BCUT2D eigenvalue weighted by atomic mass is 9.90. The molecule has 1 unspecified atom stereocenters. The van der Waals surface area contributed by atoms with Crippen LogP contribution in [0.3, 0.4) is 0 Å². The highest BCUT2D eigenvalue weighted by Crippen LogP contribution is 2.29. The Hall–Kier alpha value is -2.04. The van der Waals surface area contributed by atoms with Gasteiger partial charge in [-0.2, -0.15) is 0 Å². The molecule has 3 rings (SSSR count). The fourth-order valence-electron chi connectivity index (χ4n) is 3.18. The van der Waals surface area contributed by atoms with Crippen LogP contribution < -0.4 is 20.7 Å². The largest absolute Gasteiger partial charge is 0.573 e. The SMILES string of the molecule is Cl.NC1(C(=O)NC2CCN(c3cccc(OC(F)(F)F)c3)C2=O)CCOCC1. The first-order valence-electron chi connectivity index (χ1n) is 8.53. The van der Waals surface area contributed by atoms with E-state index in [1.54, 1.807) is 0 Å². The van der Waals surface area contributed by atoms with Gasteiger partial charge in [0, 0.05) is 31.5 Å². The number of nitrogens with two attached hydrogens (primary N) is 1. The number of rotatable bonds is 4. The molecule has 0 saturated carbocycles. The summed E-state index contributed by atoms with van der Waals surface area (Å²) in [6.45, 7) is 1.02. The summed E-state index contributed by atoms with van der Waals surface area (Å²) in [7, 11) is 0. The second-order valence-electron chi connectivity index (χ2n) is 6.62. The predicted molar refractivity (Wildman–Crippen MR) is 96.2 cm³/mol. The molecule has 0 radical (unpaired) electrons. The molecule has 0 aliphatic carbocycles. The first kappa shape index (κ1) is 22.3. The summed E-state index contributed by atoms with van der Waals surface area (Å²) < 4.78 is 46.2. The molecule has 0 aromatic heterocycles. The van der Waals surface area contributed by atoms with Gasteiger partial charge < -0.3 is 25.4 Å². The number of alkyl halides is 3. The third-order valence-corrected chi connectivity index (χ3v) is 4.71. The zero-order chi connectivity index (χ0) is 19.7. The molecule has 1 aromatic carbocycles. The number of hydrogen-bond donors (Lipinski definition) is 2. The zero-order valence-corrected chi connectivity index (χ0v) is 15.6. The molecule has 2 heterocycles. The van der Waals surface area contributed by atoms with Gasteiger partial charge in [0.15, 0.2) is 0 Å². The van der Waals surface area contributed by atoms with E-state index in [-0.39, 0.29) is 24.6 Å². The Labute approximate surface area is 165 Å². The van der Waals surface area contributed by atoms with Crippen LogP contribution in [0.2, 0.25) is 0 Å². The van der Waals surface area contributed by atoms with Gasteiger partial charge in [-0.05, 0) is 31.4 Å². The maximum absolute atomic E-state index is 12.6. The highest BCUT2D eigenvalue weighted by Gasteiger charge is 2.40. The Kier molecular flexibility index (Phi) is 6.79. The lowest BCUT2D eigenvalue weighted by molar-refractivity contribution is -0.274. The molecule has 1 aromatic rings. The molecular weight excluding hydrogens is 403 g/mol. The van der Waals surface area contributed by atoms with Crippen molar-refractivity contribution < 1.29 is 32.2 Å². The number of carbonyl (C=O) groups is 2. The van der Waals surface area contributed by atoms with Crippen LogP contribution in [0.1, 0.15) is 19.3 Å². The minimum absolute atomic E-state index is 0. The number of hydrogen-bond acceptors (Lipinski definition) is 5. The van der Waals surface area contributed by atoms with Crippen LogP contribution in [0.4, 0.5) is 18.9 Å². The van der Waals surface area contributed by atoms with E-state index in [0.717, 1.165) is 12.1 Å². The molecule has 0 spiro atoms. The van der Waals surface area contributed by atoms with Gasteiger partial charge in [-0.15, -0.1) is 25.6 Å². The van der Waals surface area contributed by atoms with E-state index in [9.17, 15) is 22.8 Å². The number of ether oxygens (including phenoxy) is 2. The first-order valence-corrected chi connectivity index (χ1v) is 8.53. The van der Waals surface area contributed by atoms with Gasteiger partial charge in [-0.3, -0.25) is 9.59 Å². The van der Waals surface area contributed by atoms with Crippen LogP contribution in [0.25, 0.3) is 0 Å². The van der Waals surface area contributed by atoms with Gasteiger partial charge in [0.2, 0.25) is 11.8 Å². The summed E-state index contributed by atoms with van der Waals surface area (Å²) in [6.07, 6.45) is -3.76. The number of carbonyl (C=O) groups excluding carboxylic acids is 2. The zero-order valence-electron chi connectivity index (χ0n) is 14.8.